The number of carbonyl (C=O) groups excluding carboxylic acids is 1. The number of pyridine rings is 1. The molecule has 0 bridgehead atoms. The van der Waals surface area contributed by atoms with Gasteiger partial charge in [0.15, 0.2) is 0 Å². The van der Waals surface area contributed by atoms with Crippen molar-refractivity contribution in [1.29, 1.82) is 0 Å². The number of aromatic nitrogens is 1. The fourth-order valence-electron chi connectivity index (χ4n) is 2.08. The molecule has 0 aliphatic carbocycles. The average Bonchev–Trinajstić information content (AvgIpc) is 3.03. The molecule has 3 rings (SSSR count). The lowest BCUT2D eigenvalue weighted by molar-refractivity contribution is 0.0474. The number of ether oxygens (including phenoxy) is 1. The number of esters is 1. The fraction of sp³-hybridized carbons (Fsp3) is 0.0667. The third-order valence-electron chi connectivity index (χ3n) is 3.17. The molecule has 23 heavy (non-hydrogen) atoms. The lowest BCUT2D eigenvalue weighted by atomic mass is 10.1. The van der Waals surface area contributed by atoms with Gasteiger partial charge in [0, 0.05) is 22.5 Å². The number of hydrogen-bond acceptors (Lipinski definition) is 6. The summed E-state index contributed by atoms with van der Waals surface area (Å²) >= 11 is 0.883. The maximum Gasteiger partial charge on any atom is 0.339 e. The predicted octanol–water partition coefficient (Wildman–Crippen LogP) is 2.30. The van der Waals surface area contributed by atoms with Crippen molar-refractivity contribution in [3.05, 3.63) is 59.1 Å². The van der Waals surface area contributed by atoms with E-state index in [4.69, 9.17) is 9.88 Å². The molecule has 0 atom stereocenters. The minimum atomic E-state index is -3.81. The van der Waals surface area contributed by atoms with Crippen molar-refractivity contribution in [2.45, 2.75) is 10.8 Å². The molecule has 0 saturated heterocycles. The minimum absolute atomic E-state index is 0.0493. The average molecular weight is 348 g/mol. The molecule has 0 amide bonds. The number of primary sulfonamides is 1. The van der Waals surface area contributed by atoms with E-state index in [-0.39, 0.29) is 16.4 Å². The Bertz CT molecular complexity index is 975. The van der Waals surface area contributed by atoms with Crippen molar-refractivity contribution in [2.75, 3.05) is 0 Å². The van der Waals surface area contributed by atoms with Gasteiger partial charge in [0.1, 0.15) is 10.8 Å². The van der Waals surface area contributed by atoms with Crippen molar-refractivity contribution in [2.24, 2.45) is 5.14 Å². The van der Waals surface area contributed by atoms with Crippen molar-refractivity contribution in [3.8, 4) is 0 Å². The van der Waals surface area contributed by atoms with Gasteiger partial charge in [-0.3, -0.25) is 4.98 Å². The molecule has 3 aromatic rings. The molecular weight excluding hydrogens is 336 g/mol. The first kappa shape index (κ1) is 15.6. The Balaban J connectivity index is 1.77. The van der Waals surface area contributed by atoms with Crippen LogP contribution in [0.1, 0.15) is 15.9 Å². The van der Waals surface area contributed by atoms with Crippen molar-refractivity contribution >= 4 is 38.2 Å². The van der Waals surface area contributed by atoms with Gasteiger partial charge in [0.2, 0.25) is 10.0 Å². The number of benzene rings is 1. The zero-order valence-corrected chi connectivity index (χ0v) is 13.4. The molecule has 0 radical (unpaired) electrons. The van der Waals surface area contributed by atoms with E-state index in [1.165, 1.54) is 11.4 Å². The second-order valence-corrected chi connectivity index (χ2v) is 7.47. The van der Waals surface area contributed by atoms with Crippen LogP contribution in [0.5, 0.6) is 0 Å². The fourth-order valence-corrected chi connectivity index (χ4v) is 3.66. The molecule has 0 aliphatic rings. The molecule has 0 unspecified atom stereocenters. The van der Waals surface area contributed by atoms with E-state index in [1.807, 2.05) is 30.3 Å². The molecular formula is C15H12N2O4S2. The predicted molar refractivity (Wildman–Crippen MR) is 86.6 cm³/mol. The van der Waals surface area contributed by atoms with Crippen LogP contribution in [0.15, 0.2) is 52.2 Å². The molecule has 2 heterocycles. The van der Waals surface area contributed by atoms with Gasteiger partial charge in [-0.25, -0.2) is 18.4 Å². The van der Waals surface area contributed by atoms with Crippen LogP contribution in [0.3, 0.4) is 0 Å². The number of fused-ring (bicyclic) bond motifs is 1. The zero-order chi connectivity index (χ0) is 16.4. The number of nitrogens with two attached hydrogens (primary N) is 1. The van der Waals surface area contributed by atoms with Crippen molar-refractivity contribution in [3.63, 3.8) is 0 Å². The topological polar surface area (TPSA) is 99.4 Å². The third kappa shape index (κ3) is 3.39. The third-order valence-corrected chi connectivity index (χ3v) is 5.55. The maximum atomic E-state index is 12.0. The second kappa shape index (κ2) is 6.07. The first-order chi connectivity index (χ1) is 10.9. The van der Waals surface area contributed by atoms with Crippen LogP contribution < -0.4 is 5.14 Å². The summed E-state index contributed by atoms with van der Waals surface area (Å²) in [6, 6.07) is 10.6. The van der Waals surface area contributed by atoms with E-state index in [0.717, 1.165) is 27.8 Å². The summed E-state index contributed by atoms with van der Waals surface area (Å²) in [5.74, 6) is -0.607. The Morgan fingerprint density at radius 3 is 2.78 bits per heavy atom. The number of rotatable bonds is 4. The molecule has 2 N–H and O–H groups in total. The maximum absolute atomic E-state index is 12.0. The largest absolute Gasteiger partial charge is 0.457 e. The number of para-hydroxylation sites is 1. The molecule has 2 aromatic heterocycles. The molecule has 0 saturated carbocycles. The number of carbonyl (C=O) groups is 1. The SMILES string of the molecule is NS(=O)(=O)c1cc(C(=O)OCc2cccc3cccnc23)cs1. The molecule has 0 aliphatic heterocycles. The highest BCUT2D eigenvalue weighted by Crippen LogP contribution is 2.21. The highest BCUT2D eigenvalue weighted by molar-refractivity contribution is 7.91. The van der Waals surface area contributed by atoms with E-state index < -0.39 is 16.0 Å². The van der Waals surface area contributed by atoms with Crippen molar-refractivity contribution < 1.29 is 17.9 Å². The van der Waals surface area contributed by atoms with Crippen LogP contribution in [-0.2, 0) is 21.4 Å². The van der Waals surface area contributed by atoms with E-state index in [2.05, 4.69) is 4.98 Å². The summed E-state index contributed by atoms with van der Waals surface area (Å²) in [5.41, 5.74) is 1.70. The molecule has 1 aromatic carbocycles. The first-order valence-corrected chi connectivity index (χ1v) is 8.99. The Morgan fingerprint density at radius 1 is 1.26 bits per heavy atom. The summed E-state index contributed by atoms with van der Waals surface area (Å²) < 4.78 is 27.6. The van der Waals surface area contributed by atoms with Gasteiger partial charge < -0.3 is 4.74 Å². The summed E-state index contributed by atoms with van der Waals surface area (Å²) in [6.45, 7) is 0.0493. The summed E-state index contributed by atoms with van der Waals surface area (Å²) in [5, 5.41) is 7.38. The summed E-state index contributed by atoms with van der Waals surface area (Å²) in [7, 11) is -3.81. The van der Waals surface area contributed by atoms with Gasteiger partial charge in [0.25, 0.3) is 0 Å². The zero-order valence-electron chi connectivity index (χ0n) is 11.8. The Labute approximate surface area is 136 Å². The first-order valence-electron chi connectivity index (χ1n) is 6.56. The number of thiophene rings is 1. The minimum Gasteiger partial charge on any atom is -0.457 e. The van der Waals surface area contributed by atoms with E-state index in [0.29, 0.717) is 0 Å². The van der Waals surface area contributed by atoms with Crippen LogP contribution in [0.4, 0.5) is 0 Å². The van der Waals surface area contributed by atoms with Gasteiger partial charge in [-0.1, -0.05) is 24.3 Å². The summed E-state index contributed by atoms with van der Waals surface area (Å²) in [6.07, 6.45) is 1.67. The van der Waals surface area contributed by atoms with Gasteiger partial charge in [-0.05, 0) is 12.1 Å². The van der Waals surface area contributed by atoms with E-state index >= 15 is 0 Å². The lowest BCUT2D eigenvalue weighted by Crippen LogP contribution is -2.10. The van der Waals surface area contributed by atoms with E-state index in [9.17, 15) is 13.2 Å². The highest BCUT2D eigenvalue weighted by Gasteiger charge is 2.16. The molecule has 8 heteroatoms. The monoisotopic (exact) mass is 348 g/mol. The van der Waals surface area contributed by atoms with Crippen LogP contribution in [-0.4, -0.2) is 19.4 Å². The van der Waals surface area contributed by atoms with Crippen LogP contribution >= 0.6 is 11.3 Å². The van der Waals surface area contributed by atoms with Crippen LogP contribution in [0.25, 0.3) is 10.9 Å². The Hall–Kier alpha value is -2.29. The second-order valence-electron chi connectivity index (χ2n) is 4.77. The van der Waals surface area contributed by atoms with Gasteiger partial charge >= 0.3 is 5.97 Å². The molecule has 0 fully saturated rings. The van der Waals surface area contributed by atoms with Crippen LogP contribution in [0, 0.1) is 0 Å². The van der Waals surface area contributed by atoms with Gasteiger partial charge in [-0.2, -0.15) is 0 Å². The quantitative estimate of drug-likeness (QED) is 0.729. The van der Waals surface area contributed by atoms with Crippen molar-refractivity contribution in [1.82, 2.24) is 4.98 Å². The molecule has 118 valence electrons. The van der Waals surface area contributed by atoms with Gasteiger partial charge in [0.05, 0.1) is 11.1 Å². The number of nitrogens with zero attached hydrogens (tertiary/aromatic N) is 1. The lowest BCUT2D eigenvalue weighted by Gasteiger charge is -2.06. The number of hydrogen-bond donors (Lipinski definition) is 1. The Kier molecular flexibility index (Phi) is 4.12. The molecule has 6 nitrogen and oxygen atoms in total. The number of sulfonamides is 1. The smallest absolute Gasteiger partial charge is 0.339 e. The van der Waals surface area contributed by atoms with Gasteiger partial charge in [-0.15, -0.1) is 11.3 Å². The summed E-state index contributed by atoms with van der Waals surface area (Å²) in [4.78, 5) is 16.3. The standard InChI is InChI=1S/C15H12N2O4S2/c16-23(19,20)13-7-12(9-22-13)15(18)21-8-11-4-1-3-10-5-2-6-17-14(10)11/h1-7,9H,8H2,(H2,16,19,20). The van der Waals surface area contributed by atoms with E-state index in [1.54, 1.807) is 6.20 Å². The normalized spacial score (nSPS) is 11.5. The highest BCUT2D eigenvalue weighted by atomic mass is 32.2. The Morgan fingerprint density at radius 2 is 2.04 bits per heavy atom. The molecule has 0 spiro atoms. The van der Waals surface area contributed by atoms with Crippen LogP contribution in [0.2, 0.25) is 0 Å².